The van der Waals surface area contributed by atoms with Crippen molar-refractivity contribution in [2.24, 2.45) is 28.6 Å². The fourth-order valence-corrected chi connectivity index (χ4v) is 4.54. The summed E-state index contributed by atoms with van der Waals surface area (Å²) in [6.07, 6.45) is 5.63. The van der Waals surface area contributed by atoms with Gasteiger partial charge in [0.2, 0.25) is 0 Å². The second-order valence-corrected chi connectivity index (χ2v) is 6.53. The monoisotopic (exact) mass is 250 g/mol. The molecule has 0 unspecified atom stereocenters. The quantitative estimate of drug-likeness (QED) is 0.616. The second kappa shape index (κ2) is 3.60. The second-order valence-electron chi connectivity index (χ2n) is 6.53. The molecule has 0 aromatic rings. The highest BCUT2D eigenvalue weighted by molar-refractivity contribution is 5.83. The third-order valence-electron chi connectivity index (χ3n) is 5.92. The molecule has 2 bridgehead atoms. The highest BCUT2D eigenvalue weighted by atomic mass is 16.5. The van der Waals surface area contributed by atoms with Gasteiger partial charge in [0.05, 0.1) is 12.7 Å². The Bertz CT molecular complexity index is 416. The molecule has 0 radical (unpaired) electrons. The molecule has 2 aliphatic carbocycles. The van der Waals surface area contributed by atoms with Crippen molar-refractivity contribution >= 4 is 5.97 Å². The highest BCUT2D eigenvalue weighted by Gasteiger charge is 2.74. The van der Waals surface area contributed by atoms with Crippen LogP contribution in [0.15, 0.2) is 12.2 Å². The topological polar surface area (TPSA) is 46.5 Å². The van der Waals surface area contributed by atoms with Crippen molar-refractivity contribution < 1.29 is 14.6 Å². The van der Waals surface area contributed by atoms with E-state index in [0.717, 1.165) is 12.8 Å². The zero-order valence-electron chi connectivity index (χ0n) is 11.3. The lowest BCUT2D eigenvalue weighted by Gasteiger charge is -2.45. The first kappa shape index (κ1) is 12.2. The van der Waals surface area contributed by atoms with Crippen molar-refractivity contribution in [1.29, 1.82) is 0 Å². The van der Waals surface area contributed by atoms with Crippen molar-refractivity contribution in [3.8, 4) is 0 Å². The van der Waals surface area contributed by atoms with Crippen molar-refractivity contribution in [2.45, 2.75) is 39.7 Å². The summed E-state index contributed by atoms with van der Waals surface area (Å²) in [7, 11) is 0. The lowest BCUT2D eigenvalue weighted by Crippen LogP contribution is -2.54. The molecule has 0 spiro atoms. The molecule has 100 valence electrons. The van der Waals surface area contributed by atoms with Gasteiger partial charge in [0.1, 0.15) is 5.41 Å². The van der Waals surface area contributed by atoms with Gasteiger partial charge in [-0.05, 0) is 24.2 Å². The van der Waals surface area contributed by atoms with Gasteiger partial charge in [0, 0.05) is 5.41 Å². The highest BCUT2D eigenvalue weighted by Crippen LogP contribution is 2.69. The molecule has 3 rings (SSSR count). The number of ether oxygens (including phenoxy) is 1. The van der Waals surface area contributed by atoms with E-state index in [1.165, 1.54) is 0 Å². The van der Waals surface area contributed by atoms with Crippen LogP contribution >= 0.6 is 0 Å². The number of fused-ring (bicyclic) bond motifs is 5. The molecule has 3 nitrogen and oxygen atoms in total. The summed E-state index contributed by atoms with van der Waals surface area (Å²) in [5.41, 5.74) is -0.909. The van der Waals surface area contributed by atoms with Gasteiger partial charge in [-0.15, -0.1) is 0 Å². The van der Waals surface area contributed by atoms with E-state index in [0.29, 0.717) is 12.5 Å². The largest absolute Gasteiger partial charge is 0.465 e. The minimum Gasteiger partial charge on any atom is -0.465 e. The van der Waals surface area contributed by atoms with E-state index in [2.05, 4.69) is 26.0 Å². The molecule has 3 aliphatic rings. The van der Waals surface area contributed by atoms with Gasteiger partial charge in [0.25, 0.3) is 0 Å². The van der Waals surface area contributed by atoms with Gasteiger partial charge in [0.15, 0.2) is 0 Å². The third kappa shape index (κ3) is 1.08. The maximum absolute atomic E-state index is 12.4. The number of carbonyl (C=O) groups excluding carboxylic acids is 1. The smallest absolute Gasteiger partial charge is 0.316 e. The molecule has 0 aromatic carbocycles. The van der Waals surface area contributed by atoms with Gasteiger partial charge in [-0.25, -0.2) is 0 Å². The average molecular weight is 250 g/mol. The van der Waals surface area contributed by atoms with Crippen LogP contribution in [0.1, 0.15) is 33.6 Å². The first-order valence-electron chi connectivity index (χ1n) is 7.02. The molecule has 1 heterocycles. The Hall–Kier alpha value is -0.830. The zero-order valence-corrected chi connectivity index (χ0v) is 11.3. The van der Waals surface area contributed by atoms with Crippen LogP contribution in [0.25, 0.3) is 0 Å². The molecular formula is C15H22O3. The summed E-state index contributed by atoms with van der Waals surface area (Å²) in [5.74, 6) is 0.497. The molecule has 6 atom stereocenters. The Morgan fingerprint density at radius 1 is 1.50 bits per heavy atom. The summed E-state index contributed by atoms with van der Waals surface area (Å²) >= 11 is 0. The van der Waals surface area contributed by atoms with Crippen LogP contribution in [-0.2, 0) is 9.53 Å². The van der Waals surface area contributed by atoms with E-state index in [4.69, 9.17) is 4.74 Å². The predicted molar refractivity (Wildman–Crippen MR) is 67.7 cm³/mol. The number of carbonyl (C=O) groups is 1. The van der Waals surface area contributed by atoms with E-state index in [1.54, 1.807) is 0 Å². The van der Waals surface area contributed by atoms with Crippen LogP contribution in [0.3, 0.4) is 0 Å². The standard InChI is InChI=1S/C15H22O3/c1-4-9(2)12(16)15-11-6-5-10(7-11)14(15,3)8-18-13(15)17/h5-6,9-12,16H,4,7-8H2,1-3H3/t9-,10+,11-,12-,14+,15-/m0/s1. The molecular weight excluding hydrogens is 228 g/mol. The van der Waals surface area contributed by atoms with Crippen LogP contribution in [0.5, 0.6) is 0 Å². The van der Waals surface area contributed by atoms with Gasteiger partial charge in [-0.1, -0.05) is 39.3 Å². The third-order valence-corrected chi connectivity index (χ3v) is 5.92. The number of allylic oxidation sites excluding steroid dienone is 2. The Morgan fingerprint density at radius 3 is 2.83 bits per heavy atom. The fraction of sp³-hybridized carbons (Fsp3) is 0.800. The number of hydrogen-bond donors (Lipinski definition) is 1. The van der Waals surface area contributed by atoms with Gasteiger partial charge in [-0.3, -0.25) is 4.79 Å². The Morgan fingerprint density at radius 2 is 2.17 bits per heavy atom. The van der Waals surface area contributed by atoms with Crippen molar-refractivity contribution in [3.05, 3.63) is 12.2 Å². The predicted octanol–water partition coefficient (Wildman–Crippen LogP) is 2.15. The molecule has 1 N–H and O–H groups in total. The lowest BCUT2D eigenvalue weighted by atomic mass is 9.56. The molecule has 1 saturated heterocycles. The number of esters is 1. The van der Waals surface area contributed by atoms with E-state index in [-0.39, 0.29) is 23.2 Å². The summed E-state index contributed by atoms with van der Waals surface area (Å²) in [4.78, 5) is 12.4. The minimum absolute atomic E-state index is 0.128. The van der Waals surface area contributed by atoms with Crippen LogP contribution in [0.4, 0.5) is 0 Å². The maximum atomic E-state index is 12.4. The number of aliphatic hydroxyl groups is 1. The lowest BCUT2D eigenvalue weighted by molar-refractivity contribution is -0.160. The molecule has 1 aliphatic heterocycles. The SMILES string of the molecule is CC[C@H](C)[C@H](O)[C@@]12C(=O)OC[C@]1(C)[C@@H]1C=C[C@H]2C1. The maximum Gasteiger partial charge on any atom is 0.316 e. The van der Waals surface area contributed by atoms with E-state index in [1.807, 2.05) is 6.92 Å². The number of hydrogen-bond acceptors (Lipinski definition) is 3. The first-order chi connectivity index (χ1) is 8.48. The Balaban J connectivity index is 2.11. The van der Waals surface area contributed by atoms with Gasteiger partial charge in [-0.2, -0.15) is 0 Å². The molecule has 18 heavy (non-hydrogen) atoms. The zero-order chi connectivity index (χ0) is 13.1. The summed E-state index contributed by atoms with van der Waals surface area (Å²) in [6.45, 7) is 6.68. The van der Waals surface area contributed by atoms with Crippen LogP contribution < -0.4 is 0 Å². The molecule has 3 heteroatoms. The molecule has 0 amide bonds. The number of aliphatic hydroxyl groups excluding tert-OH is 1. The van der Waals surface area contributed by atoms with Gasteiger partial charge < -0.3 is 9.84 Å². The number of rotatable bonds is 3. The van der Waals surface area contributed by atoms with Crippen LogP contribution in [0.2, 0.25) is 0 Å². The van der Waals surface area contributed by atoms with Crippen molar-refractivity contribution in [1.82, 2.24) is 0 Å². The van der Waals surface area contributed by atoms with Crippen LogP contribution in [0, 0.1) is 28.6 Å². The first-order valence-corrected chi connectivity index (χ1v) is 7.02. The molecule has 0 aromatic heterocycles. The Labute approximate surface area is 108 Å². The van der Waals surface area contributed by atoms with Crippen LogP contribution in [-0.4, -0.2) is 23.8 Å². The normalized spacial score (nSPS) is 48.1. The summed E-state index contributed by atoms with van der Waals surface area (Å²) < 4.78 is 5.38. The van der Waals surface area contributed by atoms with Crippen molar-refractivity contribution in [3.63, 3.8) is 0 Å². The van der Waals surface area contributed by atoms with E-state index in [9.17, 15) is 9.90 Å². The molecule has 2 fully saturated rings. The average Bonchev–Trinajstić information content (AvgIpc) is 2.99. The van der Waals surface area contributed by atoms with Gasteiger partial charge >= 0.3 is 5.97 Å². The molecule has 1 saturated carbocycles. The van der Waals surface area contributed by atoms with E-state index < -0.39 is 11.5 Å². The summed E-state index contributed by atoms with van der Waals surface area (Å²) in [5, 5.41) is 10.8. The van der Waals surface area contributed by atoms with Crippen molar-refractivity contribution in [2.75, 3.05) is 6.61 Å². The fourth-order valence-electron chi connectivity index (χ4n) is 4.54. The van der Waals surface area contributed by atoms with E-state index >= 15 is 0 Å². The summed E-state index contributed by atoms with van der Waals surface area (Å²) in [6, 6.07) is 0. The number of cyclic esters (lactones) is 1. The minimum atomic E-state index is -0.693. The Kier molecular flexibility index (Phi) is 2.44.